The van der Waals surface area contributed by atoms with Gasteiger partial charge in [-0.2, -0.15) is 0 Å². The summed E-state index contributed by atoms with van der Waals surface area (Å²) in [7, 11) is 0. The van der Waals surface area contributed by atoms with Crippen molar-refractivity contribution in [3.05, 3.63) is 83.4 Å². The zero-order valence-corrected chi connectivity index (χ0v) is 19.0. The Labute approximate surface area is 199 Å². The molecule has 3 N–H and O–H groups in total. The molecule has 1 heterocycles. The third-order valence-corrected chi connectivity index (χ3v) is 5.95. The first-order valence-electron chi connectivity index (χ1n) is 11.5. The maximum Gasteiger partial charge on any atom is 0.274 e. The zero-order chi connectivity index (χ0) is 23.8. The Morgan fingerprint density at radius 1 is 0.971 bits per heavy atom. The molecule has 7 nitrogen and oxygen atoms in total. The molecule has 1 fully saturated rings. The molecule has 34 heavy (non-hydrogen) atoms. The Morgan fingerprint density at radius 2 is 1.71 bits per heavy atom. The molecular formula is C27H29N3O4. The van der Waals surface area contributed by atoms with Gasteiger partial charge in [0.1, 0.15) is 12.4 Å². The monoisotopic (exact) mass is 459 g/mol. The molecule has 4 rings (SSSR count). The molecule has 7 heteroatoms. The standard InChI is InChI=1S/C27H29N3O4/c31-26(28-14-17-30-15-3-4-16-30)23(18-20-10-12-22(13-11-20)27(32)29-33)19-34-25-9-5-7-21-6-1-2-8-24(21)25/h1-2,5-13,18,33H,3-4,14-17,19H2,(H,28,31)(H,29,32)/b23-18+. The van der Waals surface area contributed by atoms with E-state index in [1.54, 1.807) is 35.8 Å². The van der Waals surface area contributed by atoms with Crippen molar-refractivity contribution in [3.63, 3.8) is 0 Å². The van der Waals surface area contributed by atoms with Crippen LogP contribution >= 0.6 is 0 Å². The van der Waals surface area contributed by atoms with E-state index in [-0.39, 0.29) is 12.5 Å². The number of hydroxylamine groups is 1. The third-order valence-electron chi connectivity index (χ3n) is 5.95. The summed E-state index contributed by atoms with van der Waals surface area (Å²) in [5.74, 6) is -0.0601. The Bertz CT molecular complexity index is 1160. The lowest BCUT2D eigenvalue weighted by atomic mass is 10.1. The van der Waals surface area contributed by atoms with Crippen LogP contribution in [0.15, 0.2) is 72.3 Å². The number of hydrogen-bond acceptors (Lipinski definition) is 5. The molecule has 1 aliphatic rings. The largest absolute Gasteiger partial charge is 0.488 e. The second-order valence-electron chi connectivity index (χ2n) is 8.30. The number of benzene rings is 3. The molecule has 0 saturated carbocycles. The lowest BCUT2D eigenvalue weighted by molar-refractivity contribution is -0.117. The van der Waals surface area contributed by atoms with Gasteiger partial charge in [0, 0.05) is 24.0 Å². The van der Waals surface area contributed by atoms with E-state index < -0.39 is 5.91 Å². The second-order valence-corrected chi connectivity index (χ2v) is 8.30. The number of fused-ring (bicyclic) bond motifs is 1. The van der Waals surface area contributed by atoms with Gasteiger partial charge in [-0.25, -0.2) is 5.48 Å². The van der Waals surface area contributed by atoms with Gasteiger partial charge in [0.05, 0.1) is 5.57 Å². The van der Waals surface area contributed by atoms with Crippen molar-refractivity contribution in [3.8, 4) is 5.75 Å². The fraction of sp³-hybridized carbons (Fsp3) is 0.259. The number of likely N-dealkylation sites (tertiary alicyclic amines) is 1. The molecule has 1 aliphatic heterocycles. The zero-order valence-electron chi connectivity index (χ0n) is 19.0. The average molecular weight is 460 g/mol. The van der Waals surface area contributed by atoms with Crippen molar-refractivity contribution >= 4 is 28.7 Å². The first kappa shape index (κ1) is 23.5. The molecule has 0 radical (unpaired) electrons. The molecule has 3 aromatic carbocycles. The van der Waals surface area contributed by atoms with E-state index in [0.29, 0.717) is 23.4 Å². The van der Waals surface area contributed by atoms with E-state index in [1.807, 2.05) is 42.5 Å². The number of nitrogens with one attached hydrogen (secondary N) is 2. The lowest BCUT2D eigenvalue weighted by Gasteiger charge is -2.16. The summed E-state index contributed by atoms with van der Waals surface area (Å²) in [6.07, 6.45) is 4.18. The summed E-state index contributed by atoms with van der Waals surface area (Å²) in [5.41, 5.74) is 3.17. The number of hydrogen-bond donors (Lipinski definition) is 3. The van der Waals surface area contributed by atoms with Crippen LogP contribution in [0.5, 0.6) is 5.75 Å². The molecule has 0 unspecified atom stereocenters. The summed E-state index contributed by atoms with van der Waals surface area (Å²) in [5, 5.41) is 13.9. The van der Waals surface area contributed by atoms with Crippen LogP contribution in [0.2, 0.25) is 0 Å². The van der Waals surface area contributed by atoms with Crippen LogP contribution in [-0.2, 0) is 4.79 Å². The van der Waals surface area contributed by atoms with E-state index >= 15 is 0 Å². The van der Waals surface area contributed by atoms with Gasteiger partial charge in [-0.1, -0.05) is 48.5 Å². The number of rotatable bonds is 9. The van der Waals surface area contributed by atoms with Crippen LogP contribution in [0.1, 0.15) is 28.8 Å². The minimum atomic E-state index is -0.588. The topological polar surface area (TPSA) is 90.9 Å². The summed E-state index contributed by atoms with van der Waals surface area (Å²) >= 11 is 0. The number of carbonyl (C=O) groups is 2. The Kier molecular flexibility index (Phi) is 7.91. The van der Waals surface area contributed by atoms with Crippen molar-refractivity contribution in [1.82, 2.24) is 15.7 Å². The van der Waals surface area contributed by atoms with Crippen LogP contribution in [0.4, 0.5) is 0 Å². The molecule has 0 aromatic heterocycles. The van der Waals surface area contributed by atoms with Crippen LogP contribution in [0, 0.1) is 0 Å². The molecule has 0 spiro atoms. The van der Waals surface area contributed by atoms with Crippen LogP contribution in [-0.4, -0.2) is 54.7 Å². The molecule has 176 valence electrons. The van der Waals surface area contributed by atoms with Gasteiger partial charge in [-0.05, 0) is 61.2 Å². The van der Waals surface area contributed by atoms with Crippen molar-refractivity contribution in [2.75, 3.05) is 32.8 Å². The van der Waals surface area contributed by atoms with Gasteiger partial charge in [0.2, 0.25) is 0 Å². The quantitative estimate of drug-likeness (QED) is 0.258. The van der Waals surface area contributed by atoms with Crippen LogP contribution < -0.4 is 15.5 Å². The maximum atomic E-state index is 13.1. The predicted octanol–water partition coefficient (Wildman–Crippen LogP) is 3.63. The Balaban J connectivity index is 1.50. The fourth-order valence-electron chi connectivity index (χ4n) is 4.09. The highest BCUT2D eigenvalue weighted by molar-refractivity contribution is 5.98. The summed E-state index contributed by atoms with van der Waals surface area (Å²) in [4.78, 5) is 27.0. The van der Waals surface area contributed by atoms with Gasteiger partial charge >= 0.3 is 0 Å². The van der Waals surface area contributed by atoms with E-state index in [0.717, 1.165) is 36.0 Å². The molecule has 1 saturated heterocycles. The van der Waals surface area contributed by atoms with E-state index in [4.69, 9.17) is 9.94 Å². The highest BCUT2D eigenvalue weighted by Gasteiger charge is 2.15. The molecule has 0 bridgehead atoms. The summed E-state index contributed by atoms with van der Waals surface area (Å²) in [6.45, 7) is 3.66. The molecule has 0 aliphatic carbocycles. The molecular weight excluding hydrogens is 430 g/mol. The normalized spacial score (nSPS) is 14.2. The van der Waals surface area contributed by atoms with Crippen molar-refractivity contribution in [2.24, 2.45) is 0 Å². The van der Waals surface area contributed by atoms with Gasteiger partial charge in [-0.15, -0.1) is 0 Å². The minimum absolute atomic E-state index is 0.0996. The molecule has 2 amide bonds. The van der Waals surface area contributed by atoms with Crippen LogP contribution in [0.3, 0.4) is 0 Å². The molecule has 3 aromatic rings. The second kappa shape index (κ2) is 11.4. The minimum Gasteiger partial charge on any atom is -0.488 e. The summed E-state index contributed by atoms with van der Waals surface area (Å²) in [6, 6.07) is 20.4. The van der Waals surface area contributed by atoms with E-state index in [2.05, 4.69) is 10.2 Å². The van der Waals surface area contributed by atoms with Gasteiger partial charge in [0.15, 0.2) is 0 Å². The SMILES string of the molecule is O=C(NCCN1CCCC1)/C(=C/c1ccc(C(=O)NO)cc1)COc1cccc2ccccc12. The van der Waals surface area contributed by atoms with E-state index in [9.17, 15) is 9.59 Å². The van der Waals surface area contributed by atoms with Crippen molar-refractivity contribution in [2.45, 2.75) is 12.8 Å². The average Bonchev–Trinajstić information content (AvgIpc) is 3.40. The molecule has 0 atom stereocenters. The number of ether oxygens (including phenoxy) is 1. The van der Waals surface area contributed by atoms with Crippen LogP contribution in [0.25, 0.3) is 16.8 Å². The lowest BCUT2D eigenvalue weighted by Crippen LogP contribution is -2.35. The first-order valence-corrected chi connectivity index (χ1v) is 11.5. The highest BCUT2D eigenvalue weighted by atomic mass is 16.5. The number of amides is 2. The first-order chi connectivity index (χ1) is 16.6. The smallest absolute Gasteiger partial charge is 0.274 e. The van der Waals surface area contributed by atoms with Gasteiger partial charge < -0.3 is 15.0 Å². The van der Waals surface area contributed by atoms with Crippen molar-refractivity contribution < 1.29 is 19.5 Å². The van der Waals surface area contributed by atoms with Gasteiger partial charge in [0.25, 0.3) is 11.8 Å². The Hall–Kier alpha value is -3.68. The van der Waals surface area contributed by atoms with E-state index in [1.165, 1.54) is 12.8 Å². The Morgan fingerprint density at radius 3 is 2.47 bits per heavy atom. The maximum absolute atomic E-state index is 13.1. The fourth-order valence-corrected chi connectivity index (χ4v) is 4.09. The third kappa shape index (κ3) is 6.01. The number of carbonyl (C=O) groups excluding carboxylic acids is 2. The number of nitrogens with zero attached hydrogens (tertiary/aromatic N) is 1. The van der Waals surface area contributed by atoms with Crippen molar-refractivity contribution in [1.29, 1.82) is 0 Å². The predicted molar refractivity (Wildman–Crippen MR) is 132 cm³/mol. The summed E-state index contributed by atoms with van der Waals surface area (Å²) < 4.78 is 6.10. The highest BCUT2D eigenvalue weighted by Crippen LogP contribution is 2.25. The van der Waals surface area contributed by atoms with Gasteiger partial charge in [-0.3, -0.25) is 14.8 Å².